The fourth-order valence-electron chi connectivity index (χ4n) is 3.42. The van der Waals surface area contributed by atoms with Gasteiger partial charge in [-0.2, -0.15) is 4.31 Å². The van der Waals surface area contributed by atoms with Gasteiger partial charge in [-0.25, -0.2) is 17.6 Å². The molecule has 34 heavy (non-hydrogen) atoms. The maximum atomic E-state index is 14.3. The Morgan fingerprint density at radius 3 is 2.62 bits per heavy atom. The summed E-state index contributed by atoms with van der Waals surface area (Å²) < 4.78 is 61.9. The molecular weight excluding hydrogens is 471 g/mol. The van der Waals surface area contributed by atoms with Crippen molar-refractivity contribution in [3.05, 3.63) is 53.3 Å². The summed E-state index contributed by atoms with van der Waals surface area (Å²) in [5.74, 6) is -1.55. The zero-order valence-corrected chi connectivity index (χ0v) is 19.1. The number of nitrogens with one attached hydrogen (secondary N) is 1. The van der Waals surface area contributed by atoms with Gasteiger partial charge in [-0.1, -0.05) is 6.07 Å². The molecule has 1 amide bonds. The van der Waals surface area contributed by atoms with Crippen molar-refractivity contribution in [2.75, 3.05) is 33.1 Å². The van der Waals surface area contributed by atoms with Crippen LogP contribution in [0.1, 0.15) is 22.8 Å². The molecule has 0 aliphatic carbocycles. The fourth-order valence-corrected chi connectivity index (χ4v) is 4.85. The van der Waals surface area contributed by atoms with Gasteiger partial charge >= 0.3 is 5.97 Å². The third-order valence-corrected chi connectivity index (χ3v) is 7.22. The van der Waals surface area contributed by atoms with Gasteiger partial charge in [0.25, 0.3) is 5.91 Å². The van der Waals surface area contributed by atoms with Crippen molar-refractivity contribution in [2.24, 2.45) is 0 Å². The van der Waals surface area contributed by atoms with Gasteiger partial charge < -0.3 is 24.3 Å². The molecular formula is C22H23FN2O8S. The van der Waals surface area contributed by atoms with E-state index in [4.69, 9.17) is 18.9 Å². The monoisotopic (exact) mass is 494 g/mol. The van der Waals surface area contributed by atoms with E-state index in [1.165, 1.54) is 11.2 Å². The van der Waals surface area contributed by atoms with Crippen LogP contribution in [0.4, 0.5) is 4.39 Å². The molecule has 0 bridgehead atoms. The molecule has 2 aliphatic heterocycles. The van der Waals surface area contributed by atoms with Gasteiger partial charge in [0, 0.05) is 19.6 Å². The Hall–Kier alpha value is -3.22. The molecule has 1 N–H and O–H groups in total. The summed E-state index contributed by atoms with van der Waals surface area (Å²) in [4.78, 5) is 24.7. The molecule has 0 spiro atoms. The number of ether oxygens (including phenoxy) is 4. The molecule has 1 atom stereocenters. The third-order valence-electron chi connectivity index (χ3n) is 5.32. The lowest BCUT2D eigenvalue weighted by Crippen LogP contribution is -2.40. The fraction of sp³-hybridized carbons (Fsp3) is 0.364. The van der Waals surface area contributed by atoms with E-state index in [1.807, 2.05) is 0 Å². The van der Waals surface area contributed by atoms with Crippen LogP contribution in [0, 0.1) is 5.82 Å². The lowest BCUT2D eigenvalue weighted by atomic mass is 10.2. The number of sulfonamides is 1. The number of amides is 1. The van der Waals surface area contributed by atoms with Crippen LogP contribution in [0.25, 0.3) is 0 Å². The van der Waals surface area contributed by atoms with Crippen molar-refractivity contribution in [3.63, 3.8) is 0 Å². The average molecular weight is 494 g/mol. The number of fused-ring (bicyclic) bond motifs is 1. The summed E-state index contributed by atoms with van der Waals surface area (Å²) in [6.07, 6.45) is -1.25. The Morgan fingerprint density at radius 1 is 1.12 bits per heavy atom. The van der Waals surface area contributed by atoms with Gasteiger partial charge in [-0.3, -0.25) is 4.79 Å². The number of carbonyl (C=O) groups is 2. The normalized spacial score (nSPS) is 16.6. The maximum Gasteiger partial charge on any atom is 0.341 e. The molecule has 12 heteroatoms. The predicted molar refractivity (Wildman–Crippen MR) is 115 cm³/mol. The number of hydrogen-bond acceptors (Lipinski definition) is 8. The first-order chi connectivity index (χ1) is 16.3. The van der Waals surface area contributed by atoms with Crippen LogP contribution in [-0.4, -0.2) is 63.8 Å². The highest BCUT2D eigenvalue weighted by Crippen LogP contribution is 2.32. The van der Waals surface area contributed by atoms with Gasteiger partial charge in [0.2, 0.25) is 16.8 Å². The number of nitrogens with zero attached hydrogens (tertiary/aromatic N) is 1. The lowest BCUT2D eigenvalue weighted by Gasteiger charge is -2.26. The van der Waals surface area contributed by atoms with Gasteiger partial charge in [-0.15, -0.1) is 0 Å². The zero-order chi connectivity index (χ0) is 24.3. The summed E-state index contributed by atoms with van der Waals surface area (Å²) in [7, 11) is -3.94. The third kappa shape index (κ3) is 5.13. The molecule has 0 unspecified atom stereocenters. The summed E-state index contributed by atoms with van der Waals surface area (Å²) >= 11 is 0. The van der Waals surface area contributed by atoms with E-state index in [1.54, 1.807) is 18.2 Å². The lowest BCUT2D eigenvalue weighted by molar-refractivity contribution is -0.129. The van der Waals surface area contributed by atoms with Crippen LogP contribution in [0.2, 0.25) is 0 Å². The number of benzene rings is 2. The molecule has 1 fully saturated rings. The molecule has 2 aliphatic rings. The van der Waals surface area contributed by atoms with E-state index < -0.39 is 39.4 Å². The second-order valence-corrected chi connectivity index (χ2v) is 9.55. The molecule has 0 aromatic heterocycles. The van der Waals surface area contributed by atoms with E-state index in [9.17, 15) is 22.4 Å². The smallest absolute Gasteiger partial charge is 0.341 e. The van der Waals surface area contributed by atoms with Crippen LogP contribution in [0.5, 0.6) is 11.5 Å². The molecule has 2 aromatic rings. The first kappa shape index (κ1) is 23.9. The minimum absolute atomic E-state index is 0.129. The summed E-state index contributed by atoms with van der Waals surface area (Å²) in [5.41, 5.74) is 0.160. The Labute approximate surface area is 195 Å². The minimum atomic E-state index is -3.94. The van der Waals surface area contributed by atoms with E-state index in [-0.39, 0.29) is 44.5 Å². The van der Waals surface area contributed by atoms with Crippen LogP contribution in [0.15, 0.2) is 41.3 Å². The summed E-state index contributed by atoms with van der Waals surface area (Å²) in [6, 6.07) is 8.07. The van der Waals surface area contributed by atoms with E-state index in [2.05, 4.69) is 5.32 Å². The van der Waals surface area contributed by atoms with Crippen LogP contribution < -0.4 is 14.8 Å². The van der Waals surface area contributed by atoms with Crippen molar-refractivity contribution in [2.45, 2.75) is 24.5 Å². The van der Waals surface area contributed by atoms with Gasteiger partial charge in [0.1, 0.15) is 5.82 Å². The highest BCUT2D eigenvalue weighted by Gasteiger charge is 2.29. The summed E-state index contributed by atoms with van der Waals surface area (Å²) in [6.45, 7) is 2.39. The van der Waals surface area contributed by atoms with Crippen LogP contribution in [-0.2, 0) is 30.8 Å². The number of halogens is 1. The molecule has 2 aromatic carbocycles. The zero-order valence-electron chi connectivity index (χ0n) is 18.3. The first-order valence-corrected chi connectivity index (χ1v) is 11.9. The van der Waals surface area contributed by atoms with E-state index >= 15 is 0 Å². The van der Waals surface area contributed by atoms with Crippen molar-refractivity contribution in [1.82, 2.24) is 9.62 Å². The SMILES string of the molecule is C[C@@H](OC(=O)c1cc(S(=O)(=O)N2CCOCC2)ccc1F)C(=O)NCc1ccc2c(c1)OCO2. The molecule has 10 nitrogen and oxygen atoms in total. The van der Waals surface area contributed by atoms with Crippen molar-refractivity contribution >= 4 is 21.9 Å². The molecule has 4 rings (SSSR count). The first-order valence-electron chi connectivity index (χ1n) is 10.5. The van der Waals surface area contributed by atoms with E-state index in [0.717, 1.165) is 23.8 Å². The predicted octanol–water partition coefficient (Wildman–Crippen LogP) is 1.44. The van der Waals surface area contributed by atoms with Crippen molar-refractivity contribution in [3.8, 4) is 11.5 Å². The van der Waals surface area contributed by atoms with Gasteiger partial charge in [-0.05, 0) is 42.8 Å². The largest absolute Gasteiger partial charge is 0.454 e. The van der Waals surface area contributed by atoms with Gasteiger partial charge in [0.05, 0.1) is 23.7 Å². The van der Waals surface area contributed by atoms with Crippen LogP contribution in [0.3, 0.4) is 0 Å². The second kappa shape index (κ2) is 9.95. The number of hydrogen-bond donors (Lipinski definition) is 1. The summed E-state index contributed by atoms with van der Waals surface area (Å²) in [5, 5.41) is 2.62. The Kier molecular flexibility index (Phi) is 7.00. The highest BCUT2D eigenvalue weighted by atomic mass is 32.2. The van der Waals surface area contributed by atoms with Gasteiger partial charge in [0.15, 0.2) is 17.6 Å². The maximum absolute atomic E-state index is 14.3. The Morgan fingerprint density at radius 2 is 1.85 bits per heavy atom. The topological polar surface area (TPSA) is 120 Å². The molecule has 2 heterocycles. The number of morpholine rings is 1. The number of esters is 1. The minimum Gasteiger partial charge on any atom is -0.454 e. The number of carbonyl (C=O) groups excluding carboxylic acids is 2. The van der Waals surface area contributed by atoms with Crippen molar-refractivity contribution in [1.29, 1.82) is 0 Å². The standard InChI is InChI=1S/C22H23FN2O8S/c1-14(21(26)24-12-15-2-5-19-20(10-15)32-13-31-19)33-22(27)17-11-16(3-4-18(17)23)34(28,29)25-6-8-30-9-7-25/h2-5,10-11,14H,6-9,12-13H2,1H3,(H,24,26)/t14-/m1/s1. The highest BCUT2D eigenvalue weighted by molar-refractivity contribution is 7.89. The average Bonchev–Trinajstić information content (AvgIpc) is 3.31. The quantitative estimate of drug-likeness (QED) is 0.574. The van der Waals surface area contributed by atoms with Crippen LogP contribution >= 0.6 is 0 Å². The molecule has 1 saturated heterocycles. The Bertz CT molecular complexity index is 1200. The van der Waals surface area contributed by atoms with E-state index in [0.29, 0.717) is 11.5 Å². The molecule has 0 saturated carbocycles. The molecule has 182 valence electrons. The molecule has 0 radical (unpaired) electrons. The van der Waals surface area contributed by atoms with Crippen molar-refractivity contribution < 1.29 is 41.3 Å². The second-order valence-electron chi connectivity index (χ2n) is 7.61. The Balaban J connectivity index is 1.39. The number of rotatable bonds is 7.